The normalized spacial score (nSPS) is 27.0. The lowest BCUT2D eigenvalue weighted by molar-refractivity contribution is -0.0329. The minimum absolute atomic E-state index is 0.00566. The van der Waals surface area contributed by atoms with Crippen LogP contribution >= 0.6 is 11.8 Å². The van der Waals surface area contributed by atoms with Gasteiger partial charge in [0.05, 0.1) is 6.10 Å². The Kier molecular flexibility index (Phi) is 5.56. The molecule has 1 N–H and O–H groups in total. The van der Waals surface area contributed by atoms with Crippen LogP contribution in [0.25, 0.3) is 0 Å². The highest BCUT2D eigenvalue weighted by Gasteiger charge is 2.33. The fraction of sp³-hybridized carbons (Fsp3) is 1.00. The first-order valence-electron chi connectivity index (χ1n) is 5.55. The number of aliphatic hydroxyl groups excluding tert-OH is 1. The first-order chi connectivity index (χ1) is 7.78. The smallest absolute Gasteiger partial charge is 0.392 e. The van der Waals surface area contributed by atoms with E-state index in [2.05, 4.69) is 0 Å². The molecule has 7 heteroatoms. The standard InChI is InChI=1S/C10H19F3N2OS/c1-14(2)6-8-5-9(16)7-15(8)3-4-17-10(11,12)13/h8-9,16H,3-7H2,1-2H3. The molecule has 1 heterocycles. The Hall–Kier alpha value is 0.0200. The van der Waals surface area contributed by atoms with E-state index in [9.17, 15) is 18.3 Å². The van der Waals surface area contributed by atoms with Crippen LogP contribution < -0.4 is 0 Å². The van der Waals surface area contributed by atoms with Gasteiger partial charge in [-0.15, -0.1) is 0 Å². The Labute approximate surface area is 104 Å². The van der Waals surface area contributed by atoms with Crippen molar-refractivity contribution in [1.82, 2.24) is 9.80 Å². The Bertz CT molecular complexity index is 238. The summed E-state index contributed by atoms with van der Waals surface area (Å²) in [5.41, 5.74) is -4.16. The van der Waals surface area contributed by atoms with E-state index in [-0.39, 0.29) is 23.6 Å². The maximum atomic E-state index is 12.0. The van der Waals surface area contributed by atoms with Gasteiger partial charge in [0.15, 0.2) is 0 Å². The number of likely N-dealkylation sites (N-methyl/N-ethyl adjacent to an activating group) is 1. The van der Waals surface area contributed by atoms with E-state index in [4.69, 9.17) is 0 Å². The molecule has 0 aliphatic carbocycles. The minimum atomic E-state index is -4.16. The van der Waals surface area contributed by atoms with Crippen molar-refractivity contribution in [2.45, 2.75) is 24.1 Å². The molecule has 0 bridgehead atoms. The van der Waals surface area contributed by atoms with Gasteiger partial charge in [0.1, 0.15) is 0 Å². The molecule has 1 saturated heterocycles. The lowest BCUT2D eigenvalue weighted by Crippen LogP contribution is -2.38. The molecular weight excluding hydrogens is 253 g/mol. The third kappa shape index (κ3) is 5.94. The second-order valence-corrected chi connectivity index (χ2v) is 5.75. The van der Waals surface area contributed by atoms with Gasteiger partial charge >= 0.3 is 5.51 Å². The number of rotatable bonds is 5. The summed E-state index contributed by atoms with van der Waals surface area (Å²) in [6.07, 6.45) is 0.241. The maximum Gasteiger partial charge on any atom is 0.441 e. The number of β-amino-alcohol motifs (C(OH)–C–C–N with tert-alkyl or cyclic N) is 1. The van der Waals surface area contributed by atoms with Crippen LogP contribution in [0.4, 0.5) is 13.2 Å². The van der Waals surface area contributed by atoms with E-state index in [1.54, 1.807) is 0 Å². The van der Waals surface area contributed by atoms with Crippen molar-refractivity contribution in [2.24, 2.45) is 0 Å². The fourth-order valence-electron chi connectivity index (χ4n) is 2.12. The third-order valence-corrected chi connectivity index (χ3v) is 3.44. The number of alkyl halides is 3. The summed E-state index contributed by atoms with van der Waals surface area (Å²) < 4.78 is 36.0. The molecule has 0 aromatic carbocycles. The van der Waals surface area contributed by atoms with Crippen LogP contribution in [0.5, 0.6) is 0 Å². The van der Waals surface area contributed by atoms with Crippen molar-refractivity contribution in [3.63, 3.8) is 0 Å². The number of nitrogens with zero attached hydrogens (tertiary/aromatic N) is 2. The van der Waals surface area contributed by atoms with Gasteiger partial charge in [0.25, 0.3) is 0 Å². The molecule has 1 fully saturated rings. The van der Waals surface area contributed by atoms with Gasteiger partial charge in [-0.2, -0.15) is 13.2 Å². The lowest BCUT2D eigenvalue weighted by Gasteiger charge is -2.26. The van der Waals surface area contributed by atoms with Crippen LogP contribution in [0.2, 0.25) is 0 Å². The Morgan fingerprint density at radius 2 is 2.06 bits per heavy atom. The summed E-state index contributed by atoms with van der Waals surface area (Å²) >= 11 is 0.00566. The second kappa shape index (κ2) is 6.26. The summed E-state index contributed by atoms with van der Waals surface area (Å²) in [5, 5.41) is 9.55. The zero-order chi connectivity index (χ0) is 13.1. The van der Waals surface area contributed by atoms with Gasteiger partial charge < -0.3 is 10.0 Å². The highest BCUT2D eigenvalue weighted by Crippen LogP contribution is 2.30. The average Bonchev–Trinajstić information content (AvgIpc) is 2.43. The summed E-state index contributed by atoms with van der Waals surface area (Å²) in [4.78, 5) is 3.94. The van der Waals surface area contributed by atoms with Gasteiger partial charge in [-0.3, -0.25) is 4.90 Å². The number of aliphatic hydroxyl groups is 1. The highest BCUT2D eigenvalue weighted by molar-refractivity contribution is 8.00. The molecule has 0 aromatic heterocycles. The zero-order valence-electron chi connectivity index (χ0n) is 10.1. The van der Waals surface area contributed by atoms with Crippen LogP contribution in [-0.4, -0.2) is 72.0 Å². The van der Waals surface area contributed by atoms with E-state index in [1.807, 2.05) is 23.9 Å². The van der Waals surface area contributed by atoms with Gasteiger partial charge in [-0.1, -0.05) is 0 Å². The molecule has 17 heavy (non-hydrogen) atoms. The monoisotopic (exact) mass is 272 g/mol. The number of hydrogen-bond donors (Lipinski definition) is 1. The molecule has 0 aromatic rings. The largest absolute Gasteiger partial charge is 0.441 e. The number of likely N-dealkylation sites (tertiary alicyclic amines) is 1. The minimum Gasteiger partial charge on any atom is -0.392 e. The van der Waals surface area contributed by atoms with E-state index < -0.39 is 11.6 Å². The molecular formula is C10H19F3N2OS. The number of halogens is 3. The molecule has 1 aliphatic rings. The highest BCUT2D eigenvalue weighted by atomic mass is 32.2. The van der Waals surface area contributed by atoms with Crippen molar-refractivity contribution >= 4 is 11.8 Å². The molecule has 102 valence electrons. The van der Waals surface area contributed by atoms with Crippen LogP contribution in [0.1, 0.15) is 6.42 Å². The van der Waals surface area contributed by atoms with Crippen LogP contribution in [-0.2, 0) is 0 Å². The topological polar surface area (TPSA) is 26.7 Å². The average molecular weight is 272 g/mol. The molecule has 0 radical (unpaired) electrons. The van der Waals surface area contributed by atoms with E-state index >= 15 is 0 Å². The maximum absolute atomic E-state index is 12.0. The number of thioether (sulfide) groups is 1. The summed E-state index contributed by atoms with van der Waals surface area (Å²) in [6.45, 7) is 1.63. The third-order valence-electron chi connectivity index (χ3n) is 2.73. The van der Waals surface area contributed by atoms with Crippen molar-refractivity contribution < 1.29 is 18.3 Å². The van der Waals surface area contributed by atoms with E-state index in [0.717, 1.165) is 6.54 Å². The van der Waals surface area contributed by atoms with Crippen LogP contribution in [0, 0.1) is 0 Å². The molecule has 2 unspecified atom stereocenters. The quantitative estimate of drug-likeness (QED) is 0.814. The molecule has 0 saturated carbocycles. The lowest BCUT2D eigenvalue weighted by atomic mass is 10.2. The van der Waals surface area contributed by atoms with E-state index in [0.29, 0.717) is 19.5 Å². The summed E-state index contributed by atoms with van der Waals surface area (Å²) in [6, 6.07) is 0.161. The van der Waals surface area contributed by atoms with Crippen molar-refractivity contribution in [3.05, 3.63) is 0 Å². The fourth-order valence-corrected chi connectivity index (χ4v) is 2.68. The first kappa shape index (κ1) is 15.1. The van der Waals surface area contributed by atoms with Gasteiger partial charge in [-0.25, -0.2) is 0 Å². The SMILES string of the molecule is CN(C)CC1CC(O)CN1CCSC(F)(F)F. The molecule has 1 aliphatic heterocycles. The van der Waals surface area contributed by atoms with Crippen LogP contribution in [0.3, 0.4) is 0 Å². The van der Waals surface area contributed by atoms with Gasteiger partial charge in [-0.05, 0) is 32.3 Å². The van der Waals surface area contributed by atoms with Crippen molar-refractivity contribution in [1.29, 1.82) is 0 Å². The predicted octanol–water partition coefficient (Wildman–Crippen LogP) is 1.24. The molecule has 3 nitrogen and oxygen atoms in total. The van der Waals surface area contributed by atoms with E-state index in [1.165, 1.54) is 0 Å². The van der Waals surface area contributed by atoms with Crippen molar-refractivity contribution in [3.8, 4) is 0 Å². The van der Waals surface area contributed by atoms with Crippen LogP contribution in [0.15, 0.2) is 0 Å². The second-order valence-electron chi connectivity index (χ2n) is 4.59. The summed E-state index contributed by atoms with van der Waals surface area (Å²) in [7, 11) is 3.85. The molecule has 0 spiro atoms. The zero-order valence-corrected chi connectivity index (χ0v) is 10.9. The predicted molar refractivity (Wildman–Crippen MR) is 63.1 cm³/mol. The van der Waals surface area contributed by atoms with Crippen molar-refractivity contribution in [2.75, 3.05) is 39.5 Å². The Balaban J connectivity index is 2.34. The molecule has 2 atom stereocenters. The van der Waals surface area contributed by atoms with Gasteiger partial charge in [0.2, 0.25) is 0 Å². The number of hydrogen-bond acceptors (Lipinski definition) is 4. The van der Waals surface area contributed by atoms with Gasteiger partial charge in [0, 0.05) is 31.4 Å². The molecule has 1 rings (SSSR count). The Morgan fingerprint density at radius 3 is 2.59 bits per heavy atom. The molecule has 0 amide bonds. The Morgan fingerprint density at radius 1 is 1.41 bits per heavy atom. The summed E-state index contributed by atoms with van der Waals surface area (Å²) in [5.74, 6) is 0.0279. The first-order valence-corrected chi connectivity index (χ1v) is 6.54.